The van der Waals surface area contributed by atoms with E-state index in [1.54, 1.807) is 6.20 Å². The van der Waals surface area contributed by atoms with Gasteiger partial charge in [-0.05, 0) is 13.8 Å². The van der Waals surface area contributed by atoms with Crippen LogP contribution in [0, 0.1) is 18.3 Å². The lowest BCUT2D eigenvalue weighted by molar-refractivity contribution is 0.914. The second-order valence-corrected chi connectivity index (χ2v) is 2.41. The van der Waals surface area contributed by atoms with Crippen LogP contribution in [0.3, 0.4) is 0 Å². The van der Waals surface area contributed by atoms with E-state index in [1.807, 2.05) is 13.8 Å². The highest BCUT2D eigenvalue weighted by Gasteiger charge is 2.06. The first kappa shape index (κ1) is 7.67. The summed E-state index contributed by atoms with van der Waals surface area (Å²) in [5.41, 5.74) is 1.80. The Balaban J connectivity index is 3.05. The van der Waals surface area contributed by atoms with Gasteiger partial charge < -0.3 is 0 Å². The molecule has 0 aromatic carbocycles. The third-order valence-electron chi connectivity index (χ3n) is 1.61. The van der Waals surface area contributed by atoms with Gasteiger partial charge in [-0.2, -0.15) is 5.26 Å². The number of hydrogen-bond donors (Lipinski definition) is 0. The van der Waals surface area contributed by atoms with Crippen molar-refractivity contribution in [2.45, 2.75) is 19.8 Å². The Hall–Kier alpha value is -1.43. The summed E-state index contributed by atoms with van der Waals surface area (Å²) >= 11 is 0. The van der Waals surface area contributed by atoms with E-state index >= 15 is 0 Å². The SMILES string of the molecule is Cc1ncncc1C(C)C#N. The van der Waals surface area contributed by atoms with Gasteiger partial charge in [0.15, 0.2) is 0 Å². The van der Waals surface area contributed by atoms with Crippen LogP contribution >= 0.6 is 0 Å². The van der Waals surface area contributed by atoms with Gasteiger partial charge >= 0.3 is 0 Å². The molecule has 0 fully saturated rings. The van der Waals surface area contributed by atoms with Gasteiger partial charge in [0.25, 0.3) is 0 Å². The zero-order chi connectivity index (χ0) is 8.27. The van der Waals surface area contributed by atoms with Crippen LogP contribution in [0.4, 0.5) is 0 Å². The number of aryl methyl sites for hydroxylation is 1. The average Bonchev–Trinajstić information content (AvgIpc) is 2.04. The molecule has 0 aliphatic rings. The minimum absolute atomic E-state index is 0.115. The molecule has 0 N–H and O–H groups in total. The van der Waals surface area contributed by atoms with E-state index in [-0.39, 0.29) is 5.92 Å². The molecule has 1 heterocycles. The lowest BCUT2D eigenvalue weighted by Gasteiger charge is -2.03. The molecule has 0 bridgehead atoms. The lowest BCUT2D eigenvalue weighted by atomic mass is 10.0. The van der Waals surface area contributed by atoms with Gasteiger partial charge in [0.2, 0.25) is 0 Å². The molecule has 56 valence electrons. The molecule has 0 saturated heterocycles. The van der Waals surface area contributed by atoms with E-state index in [9.17, 15) is 0 Å². The van der Waals surface area contributed by atoms with Crippen molar-refractivity contribution in [2.75, 3.05) is 0 Å². The Morgan fingerprint density at radius 2 is 2.36 bits per heavy atom. The molecule has 1 rings (SSSR count). The molecule has 0 amide bonds. The third-order valence-corrected chi connectivity index (χ3v) is 1.61. The minimum atomic E-state index is -0.115. The summed E-state index contributed by atoms with van der Waals surface area (Å²) in [6, 6.07) is 2.14. The summed E-state index contributed by atoms with van der Waals surface area (Å²) in [7, 11) is 0. The molecule has 3 heteroatoms. The fourth-order valence-corrected chi connectivity index (χ4v) is 0.896. The Kier molecular flexibility index (Phi) is 2.17. The predicted molar refractivity (Wildman–Crippen MR) is 40.8 cm³/mol. The molecule has 3 nitrogen and oxygen atoms in total. The van der Waals surface area contributed by atoms with Crippen LogP contribution < -0.4 is 0 Å². The van der Waals surface area contributed by atoms with Crippen LogP contribution in [0.2, 0.25) is 0 Å². The number of rotatable bonds is 1. The topological polar surface area (TPSA) is 49.6 Å². The predicted octanol–water partition coefficient (Wildman–Crippen LogP) is 1.41. The fourth-order valence-electron chi connectivity index (χ4n) is 0.896. The van der Waals surface area contributed by atoms with Gasteiger partial charge in [0.1, 0.15) is 6.33 Å². The number of hydrogen-bond acceptors (Lipinski definition) is 3. The van der Waals surface area contributed by atoms with E-state index in [1.165, 1.54) is 6.33 Å². The summed E-state index contributed by atoms with van der Waals surface area (Å²) < 4.78 is 0. The van der Waals surface area contributed by atoms with Crippen LogP contribution in [0.25, 0.3) is 0 Å². The maximum atomic E-state index is 8.61. The van der Waals surface area contributed by atoms with Crippen molar-refractivity contribution in [2.24, 2.45) is 0 Å². The zero-order valence-corrected chi connectivity index (χ0v) is 6.57. The molecular formula is C8H9N3. The van der Waals surface area contributed by atoms with Gasteiger partial charge in [0, 0.05) is 17.5 Å². The van der Waals surface area contributed by atoms with E-state index in [0.717, 1.165) is 11.3 Å². The van der Waals surface area contributed by atoms with Crippen LogP contribution in [0.5, 0.6) is 0 Å². The van der Waals surface area contributed by atoms with Crippen LogP contribution in [0.1, 0.15) is 24.1 Å². The molecule has 0 aliphatic heterocycles. The Morgan fingerprint density at radius 1 is 1.64 bits per heavy atom. The quantitative estimate of drug-likeness (QED) is 0.603. The summed E-state index contributed by atoms with van der Waals surface area (Å²) in [6.07, 6.45) is 3.18. The van der Waals surface area contributed by atoms with Crippen molar-refractivity contribution < 1.29 is 0 Å². The van der Waals surface area contributed by atoms with Gasteiger partial charge in [-0.3, -0.25) is 0 Å². The van der Waals surface area contributed by atoms with E-state index in [4.69, 9.17) is 5.26 Å². The second kappa shape index (κ2) is 3.11. The summed E-state index contributed by atoms with van der Waals surface area (Å²) in [4.78, 5) is 7.84. The van der Waals surface area contributed by atoms with Gasteiger partial charge in [0.05, 0.1) is 12.0 Å². The molecule has 0 radical (unpaired) electrons. The minimum Gasteiger partial charge on any atom is -0.244 e. The van der Waals surface area contributed by atoms with Crippen molar-refractivity contribution in [1.29, 1.82) is 5.26 Å². The largest absolute Gasteiger partial charge is 0.244 e. The number of nitrogens with zero attached hydrogens (tertiary/aromatic N) is 3. The van der Waals surface area contributed by atoms with Crippen LogP contribution in [-0.2, 0) is 0 Å². The average molecular weight is 147 g/mol. The van der Waals surface area contributed by atoms with E-state index in [0.29, 0.717) is 0 Å². The first-order valence-electron chi connectivity index (χ1n) is 3.42. The van der Waals surface area contributed by atoms with E-state index in [2.05, 4.69) is 16.0 Å². The van der Waals surface area contributed by atoms with Crippen molar-refractivity contribution >= 4 is 0 Å². The molecule has 11 heavy (non-hydrogen) atoms. The smallest absolute Gasteiger partial charge is 0.115 e. The molecule has 1 unspecified atom stereocenters. The third kappa shape index (κ3) is 1.53. The molecule has 0 saturated carbocycles. The van der Waals surface area contributed by atoms with Gasteiger partial charge in [-0.25, -0.2) is 9.97 Å². The standard InChI is InChI=1S/C8H9N3/c1-6(3-9)8-4-10-5-11-7(8)2/h4-6H,1-2H3. The molecular weight excluding hydrogens is 138 g/mol. The first-order chi connectivity index (χ1) is 5.25. The second-order valence-electron chi connectivity index (χ2n) is 2.41. The Labute approximate surface area is 65.7 Å². The summed E-state index contributed by atoms with van der Waals surface area (Å²) in [6.45, 7) is 3.72. The number of nitriles is 1. The molecule has 1 atom stereocenters. The number of aromatic nitrogens is 2. The Morgan fingerprint density at radius 3 is 2.91 bits per heavy atom. The highest BCUT2D eigenvalue weighted by atomic mass is 14.8. The Bertz CT molecular complexity index is 288. The van der Waals surface area contributed by atoms with Gasteiger partial charge in [-0.15, -0.1) is 0 Å². The van der Waals surface area contributed by atoms with Crippen molar-refractivity contribution in [1.82, 2.24) is 9.97 Å². The monoisotopic (exact) mass is 147 g/mol. The summed E-state index contributed by atoms with van der Waals surface area (Å²) in [5, 5.41) is 8.61. The van der Waals surface area contributed by atoms with Crippen LogP contribution in [-0.4, -0.2) is 9.97 Å². The zero-order valence-electron chi connectivity index (χ0n) is 6.57. The van der Waals surface area contributed by atoms with Crippen LogP contribution in [0.15, 0.2) is 12.5 Å². The highest BCUT2D eigenvalue weighted by molar-refractivity contribution is 5.23. The highest BCUT2D eigenvalue weighted by Crippen LogP contribution is 2.14. The van der Waals surface area contributed by atoms with Gasteiger partial charge in [-0.1, -0.05) is 0 Å². The molecule has 0 aliphatic carbocycles. The fraction of sp³-hybridized carbons (Fsp3) is 0.375. The van der Waals surface area contributed by atoms with Crippen molar-refractivity contribution in [3.63, 3.8) is 0 Å². The summed E-state index contributed by atoms with van der Waals surface area (Å²) in [5.74, 6) is -0.115. The molecule has 1 aromatic heterocycles. The normalized spacial score (nSPS) is 12.1. The molecule has 0 spiro atoms. The lowest BCUT2D eigenvalue weighted by Crippen LogP contribution is -1.96. The first-order valence-corrected chi connectivity index (χ1v) is 3.42. The molecule has 1 aromatic rings. The maximum Gasteiger partial charge on any atom is 0.115 e. The van der Waals surface area contributed by atoms with Crippen molar-refractivity contribution in [3.05, 3.63) is 23.8 Å². The van der Waals surface area contributed by atoms with E-state index < -0.39 is 0 Å². The maximum absolute atomic E-state index is 8.61. The van der Waals surface area contributed by atoms with Crippen molar-refractivity contribution in [3.8, 4) is 6.07 Å².